The number of hydrogen-bond donors (Lipinski definition) is 1. The van der Waals surface area contributed by atoms with Crippen LogP contribution in [0, 0.1) is 0 Å². The molecule has 0 radical (unpaired) electrons. The summed E-state index contributed by atoms with van der Waals surface area (Å²) in [6.07, 6.45) is 2.67. The Morgan fingerprint density at radius 3 is 2.25 bits per heavy atom. The molecule has 0 unspecified atom stereocenters. The average Bonchev–Trinajstić information content (AvgIpc) is 2.82. The van der Waals surface area contributed by atoms with Gasteiger partial charge in [-0.15, -0.1) is 0 Å². The first-order valence-corrected chi connectivity index (χ1v) is 14.6. The molecule has 2 atom stereocenters. The van der Waals surface area contributed by atoms with Crippen molar-refractivity contribution in [2.45, 2.75) is 65.1 Å². The number of amides is 2. The minimum atomic E-state index is -3.53. The number of nitrogens with one attached hydrogen (secondary N) is 1. The van der Waals surface area contributed by atoms with Gasteiger partial charge < -0.3 is 10.2 Å². The summed E-state index contributed by atoms with van der Waals surface area (Å²) in [5, 5.41) is 3.85. The van der Waals surface area contributed by atoms with Gasteiger partial charge in [-0.2, -0.15) is 0 Å². The molecule has 1 N–H and O–H groups in total. The van der Waals surface area contributed by atoms with Crippen LogP contribution in [0.2, 0.25) is 10.0 Å². The van der Waals surface area contributed by atoms with E-state index in [1.165, 1.54) is 9.21 Å². The number of nitrogens with zero attached hydrogens (tertiary/aromatic N) is 2. The van der Waals surface area contributed by atoms with E-state index in [2.05, 4.69) is 5.32 Å². The van der Waals surface area contributed by atoms with Crippen molar-refractivity contribution < 1.29 is 18.0 Å². The van der Waals surface area contributed by atoms with Crippen molar-refractivity contribution in [3.05, 3.63) is 64.1 Å². The number of hydrogen-bond acceptors (Lipinski definition) is 4. The fraction of sp³-hybridized carbons (Fsp3) is 0.462. The highest BCUT2D eigenvalue weighted by Gasteiger charge is 2.30. The number of sulfonamides is 1. The number of benzene rings is 2. The Hall–Kier alpha value is -2.29. The number of halogens is 2. The average molecular weight is 557 g/mol. The molecule has 0 aliphatic heterocycles. The molecule has 10 heteroatoms. The number of carbonyl (C=O) groups excluding carboxylic acids is 2. The second-order valence-electron chi connectivity index (χ2n) is 8.77. The molecule has 2 aromatic rings. The monoisotopic (exact) mass is 555 g/mol. The van der Waals surface area contributed by atoms with E-state index in [0.717, 1.165) is 12.7 Å². The molecule has 198 valence electrons. The summed E-state index contributed by atoms with van der Waals surface area (Å²) >= 11 is 12.4. The largest absolute Gasteiger partial charge is 0.352 e. The Morgan fingerprint density at radius 2 is 1.69 bits per heavy atom. The molecule has 0 bridgehead atoms. The van der Waals surface area contributed by atoms with Crippen molar-refractivity contribution in [1.29, 1.82) is 0 Å². The summed E-state index contributed by atoms with van der Waals surface area (Å²) < 4.78 is 26.0. The maximum Gasteiger partial charge on any atom is 0.243 e. The molecular formula is C26H35Cl2N3O4S. The van der Waals surface area contributed by atoms with Crippen LogP contribution in [-0.4, -0.2) is 50.0 Å². The number of rotatable bonds is 13. The summed E-state index contributed by atoms with van der Waals surface area (Å²) in [6.45, 7) is 6.01. The van der Waals surface area contributed by atoms with Gasteiger partial charge in [-0.25, -0.2) is 8.42 Å². The van der Waals surface area contributed by atoms with Gasteiger partial charge in [-0.1, -0.05) is 61.3 Å². The summed E-state index contributed by atoms with van der Waals surface area (Å²) in [7, 11) is -3.53. The lowest BCUT2D eigenvalue weighted by molar-refractivity contribution is -0.141. The van der Waals surface area contributed by atoms with Gasteiger partial charge in [-0.05, 0) is 56.0 Å². The highest BCUT2D eigenvalue weighted by molar-refractivity contribution is 7.92. The molecule has 0 heterocycles. The lowest BCUT2D eigenvalue weighted by Gasteiger charge is -2.32. The number of anilines is 1. The summed E-state index contributed by atoms with van der Waals surface area (Å²) in [6, 6.07) is 13.1. The van der Waals surface area contributed by atoms with Gasteiger partial charge in [0.25, 0.3) is 0 Å². The molecule has 0 saturated heterocycles. The number of para-hydroxylation sites is 1. The van der Waals surface area contributed by atoms with E-state index in [1.54, 1.807) is 42.5 Å². The molecule has 2 rings (SSSR count). The molecule has 0 saturated carbocycles. The molecule has 7 nitrogen and oxygen atoms in total. The summed E-state index contributed by atoms with van der Waals surface area (Å²) in [5.41, 5.74) is 1.21. The molecule has 0 aliphatic carbocycles. The van der Waals surface area contributed by atoms with Gasteiger partial charge in [0.1, 0.15) is 6.04 Å². The van der Waals surface area contributed by atoms with Crippen LogP contribution in [0.4, 0.5) is 5.69 Å². The molecule has 0 aliphatic rings. The molecule has 0 fully saturated rings. The van der Waals surface area contributed by atoms with E-state index in [0.29, 0.717) is 27.7 Å². The predicted octanol–water partition coefficient (Wildman–Crippen LogP) is 5.26. The molecule has 36 heavy (non-hydrogen) atoms. The second kappa shape index (κ2) is 13.9. The SMILES string of the molecule is CC[C@@H](C)NC(=O)[C@H](CC)N(Cc1ccc(Cl)cc1Cl)C(=O)CCCN(c1ccccc1)S(C)(=O)=O. The van der Waals surface area contributed by atoms with Crippen LogP contribution in [0.3, 0.4) is 0 Å². The van der Waals surface area contributed by atoms with Crippen LogP contribution < -0.4 is 9.62 Å². The van der Waals surface area contributed by atoms with Crippen LogP contribution >= 0.6 is 23.2 Å². The maximum atomic E-state index is 13.5. The molecule has 2 aromatic carbocycles. The van der Waals surface area contributed by atoms with Gasteiger partial charge in [0.05, 0.1) is 11.9 Å². The third kappa shape index (κ3) is 8.68. The van der Waals surface area contributed by atoms with Gasteiger partial charge in [0, 0.05) is 35.6 Å². The summed E-state index contributed by atoms with van der Waals surface area (Å²) in [4.78, 5) is 28.1. The van der Waals surface area contributed by atoms with Crippen molar-refractivity contribution in [2.75, 3.05) is 17.1 Å². The lowest BCUT2D eigenvalue weighted by atomic mass is 10.1. The van der Waals surface area contributed by atoms with E-state index < -0.39 is 16.1 Å². The zero-order chi connectivity index (χ0) is 26.9. The Morgan fingerprint density at radius 1 is 1.03 bits per heavy atom. The minimum absolute atomic E-state index is 0.0307. The lowest BCUT2D eigenvalue weighted by Crippen LogP contribution is -2.50. The Kier molecular flexibility index (Phi) is 11.5. The molecule has 0 aromatic heterocycles. The number of carbonyl (C=O) groups is 2. The van der Waals surface area contributed by atoms with E-state index in [9.17, 15) is 18.0 Å². The minimum Gasteiger partial charge on any atom is -0.352 e. The van der Waals surface area contributed by atoms with Gasteiger partial charge in [0.2, 0.25) is 21.8 Å². The van der Waals surface area contributed by atoms with Crippen molar-refractivity contribution >= 4 is 50.7 Å². The predicted molar refractivity (Wildman–Crippen MR) is 147 cm³/mol. The van der Waals surface area contributed by atoms with Gasteiger partial charge in [0.15, 0.2) is 0 Å². The molecule has 2 amide bonds. The van der Waals surface area contributed by atoms with E-state index in [-0.39, 0.29) is 43.8 Å². The van der Waals surface area contributed by atoms with Crippen molar-refractivity contribution in [2.24, 2.45) is 0 Å². The topological polar surface area (TPSA) is 86.8 Å². The first-order valence-electron chi connectivity index (χ1n) is 12.0. The van der Waals surface area contributed by atoms with Crippen molar-refractivity contribution in [3.8, 4) is 0 Å². The highest BCUT2D eigenvalue weighted by Crippen LogP contribution is 2.25. The normalized spacial score (nSPS) is 13.1. The smallest absolute Gasteiger partial charge is 0.243 e. The maximum absolute atomic E-state index is 13.5. The van der Waals surface area contributed by atoms with Crippen LogP contribution in [0.1, 0.15) is 52.0 Å². The van der Waals surface area contributed by atoms with Gasteiger partial charge in [-0.3, -0.25) is 13.9 Å². The van der Waals surface area contributed by atoms with Crippen molar-refractivity contribution in [3.63, 3.8) is 0 Å². The third-order valence-corrected chi connectivity index (χ3v) is 7.72. The molecular weight excluding hydrogens is 521 g/mol. The van der Waals surface area contributed by atoms with E-state index in [1.807, 2.05) is 26.8 Å². The van der Waals surface area contributed by atoms with Gasteiger partial charge >= 0.3 is 0 Å². The van der Waals surface area contributed by atoms with Crippen LogP contribution in [0.15, 0.2) is 48.5 Å². The zero-order valence-electron chi connectivity index (χ0n) is 21.2. The summed E-state index contributed by atoms with van der Waals surface area (Å²) in [5.74, 6) is -0.485. The highest BCUT2D eigenvalue weighted by atomic mass is 35.5. The second-order valence-corrected chi connectivity index (χ2v) is 11.5. The Labute approximate surface area is 224 Å². The Bertz CT molecular complexity index is 1130. The standard InChI is InChI=1S/C26H35Cl2N3O4S/c1-5-19(3)29-26(33)24(6-2)30(18-20-14-15-21(27)17-23(20)28)25(32)13-10-16-31(36(4,34)35)22-11-8-7-9-12-22/h7-9,11-12,14-15,17,19,24H,5-6,10,13,16,18H2,1-4H3,(H,29,33)/t19-,24+/m1/s1. The van der Waals surface area contributed by atoms with E-state index >= 15 is 0 Å². The quantitative estimate of drug-likeness (QED) is 0.365. The fourth-order valence-electron chi connectivity index (χ4n) is 3.79. The first kappa shape index (κ1) is 29.9. The van der Waals surface area contributed by atoms with E-state index in [4.69, 9.17) is 23.2 Å². The van der Waals surface area contributed by atoms with Crippen molar-refractivity contribution in [1.82, 2.24) is 10.2 Å². The Balaban J connectivity index is 2.25. The zero-order valence-corrected chi connectivity index (χ0v) is 23.5. The van der Waals surface area contributed by atoms with Crippen LogP contribution in [0.25, 0.3) is 0 Å². The fourth-order valence-corrected chi connectivity index (χ4v) is 5.23. The van der Waals surface area contributed by atoms with Crippen LogP contribution in [0.5, 0.6) is 0 Å². The third-order valence-electron chi connectivity index (χ3n) is 5.94. The van der Waals surface area contributed by atoms with Crippen LogP contribution in [-0.2, 0) is 26.2 Å². The molecule has 0 spiro atoms. The first-order chi connectivity index (χ1) is 17.0.